The van der Waals surface area contributed by atoms with E-state index in [4.69, 9.17) is 0 Å². The molecule has 38 heavy (non-hydrogen) atoms. The van der Waals surface area contributed by atoms with Crippen LogP contribution >= 0.6 is 11.3 Å². The molecule has 7 rings (SSSR count). The number of H-pyrrole nitrogens is 2. The van der Waals surface area contributed by atoms with E-state index in [1.807, 2.05) is 18.3 Å². The molecular weight excluding hydrogens is 494 g/mol. The highest BCUT2D eigenvalue weighted by atomic mass is 32.1. The largest absolute Gasteiger partial charge is 0.338 e. The number of hydrogen-bond donors (Lipinski definition) is 3. The van der Waals surface area contributed by atoms with Gasteiger partial charge >= 0.3 is 0 Å². The van der Waals surface area contributed by atoms with Gasteiger partial charge in [0.05, 0.1) is 17.6 Å². The highest BCUT2D eigenvalue weighted by molar-refractivity contribution is 7.13. The first-order valence-electron chi connectivity index (χ1n) is 12.9. The predicted octanol–water partition coefficient (Wildman–Crippen LogP) is 6.81. The molecule has 3 N–H and O–H groups in total. The first-order valence-corrected chi connectivity index (χ1v) is 13.7. The van der Waals surface area contributed by atoms with Gasteiger partial charge in [-0.3, -0.25) is 14.9 Å². The van der Waals surface area contributed by atoms with Crippen molar-refractivity contribution in [2.24, 2.45) is 5.92 Å². The number of amides is 1. The second-order valence-corrected chi connectivity index (χ2v) is 10.7. The zero-order chi connectivity index (χ0) is 25.5. The maximum atomic E-state index is 12.8. The smallest absolute Gasteiger partial charge is 0.227 e. The normalized spacial score (nSPS) is 14.3. The highest BCUT2D eigenvalue weighted by Gasteiger charge is 2.21. The van der Waals surface area contributed by atoms with Gasteiger partial charge in [0.1, 0.15) is 11.3 Å². The Morgan fingerprint density at radius 3 is 2.71 bits per heavy atom. The molecule has 0 unspecified atom stereocenters. The summed E-state index contributed by atoms with van der Waals surface area (Å²) in [6.45, 7) is 0. The molecular formula is C29H25N7OS. The van der Waals surface area contributed by atoms with Crippen LogP contribution < -0.4 is 5.32 Å². The maximum Gasteiger partial charge on any atom is 0.227 e. The molecule has 188 valence electrons. The molecule has 0 saturated heterocycles. The van der Waals surface area contributed by atoms with Crippen LogP contribution in [0.1, 0.15) is 32.1 Å². The first-order chi connectivity index (χ1) is 18.7. The Balaban J connectivity index is 1.23. The van der Waals surface area contributed by atoms with Gasteiger partial charge in [-0.25, -0.2) is 9.97 Å². The van der Waals surface area contributed by atoms with Crippen LogP contribution in [0.2, 0.25) is 0 Å². The van der Waals surface area contributed by atoms with Gasteiger partial charge in [0.15, 0.2) is 5.65 Å². The third-order valence-electron chi connectivity index (χ3n) is 7.31. The van der Waals surface area contributed by atoms with Crippen LogP contribution in [-0.2, 0) is 4.79 Å². The van der Waals surface area contributed by atoms with E-state index in [1.165, 1.54) is 11.3 Å². The number of carbonyl (C=O) groups excluding carboxylic acids is 1. The van der Waals surface area contributed by atoms with Crippen molar-refractivity contribution >= 4 is 45.0 Å². The summed E-state index contributed by atoms with van der Waals surface area (Å²) < 4.78 is 0. The quantitative estimate of drug-likeness (QED) is 0.232. The first kappa shape index (κ1) is 22.8. The maximum absolute atomic E-state index is 12.8. The van der Waals surface area contributed by atoms with E-state index >= 15 is 0 Å². The number of nitrogens with one attached hydrogen (secondary N) is 3. The number of thiophene rings is 1. The zero-order valence-electron chi connectivity index (χ0n) is 20.6. The van der Waals surface area contributed by atoms with Crippen molar-refractivity contribution in [1.29, 1.82) is 0 Å². The number of carbonyl (C=O) groups is 1. The molecule has 1 fully saturated rings. The van der Waals surface area contributed by atoms with E-state index < -0.39 is 0 Å². The van der Waals surface area contributed by atoms with Crippen LogP contribution in [0.15, 0.2) is 66.6 Å². The summed E-state index contributed by atoms with van der Waals surface area (Å²) in [5.41, 5.74) is 6.78. The lowest BCUT2D eigenvalue weighted by Gasteiger charge is -2.20. The second-order valence-electron chi connectivity index (χ2n) is 9.76. The van der Waals surface area contributed by atoms with Gasteiger partial charge in [0, 0.05) is 56.8 Å². The number of pyridine rings is 3. The van der Waals surface area contributed by atoms with E-state index in [0.717, 1.165) is 70.2 Å². The summed E-state index contributed by atoms with van der Waals surface area (Å²) in [5.74, 6) is 0.175. The second kappa shape index (κ2) is 9.50. The zero-order valence-corrected chi connectivity index (χ0v) is 21.4. The fraction of sp³-hybridized carbons (Fsp3) is 0.207. The minimum absolute atomic E-state index is 0.0867. The molecule has 9 heteroatoms. The van der Waals surface area contributed by atoms with Crippen LogP contribution in [0.3, 0.4) is 0 Å². The van der Waals surface area contributed by atoms with E-state index in [1.54, 1.807) is 29.9 Å². The Kier molecular flexibility index (Phi) is 5.70. The van der Waals surface area contributed by atoms with Crippen LogP contribution in [-0.4, -0.2) is 36.0 Å². The fourth-order valence-corrected chi connectivity index (χ4v) is 6.11. The Morgan fingerprint density at radius 1 is 0.947 bits per heavy atom. The monoisotopic (exact) mass is 519 g/mol. The Bertz CT molecular complexity index is 1760. The number of fused-ring (bicyclic) bond motifs is 2. The minimum atomic E-state index is 0.0867. The van der Waals surface area contributed by atoms with Crippen LogP contribution in [0.25, 0.3) is 55.0 Å². The van der Waals surface area contributed by atoms with E-state index in [2.05, 4.69) is 65.1 Å². The van der Waals surface area contributed by atoms with Crippen molar-refractivity contribution in [3.63, 3.8) is 0 Å². The molecule has 1 amide bonds. The standard InChI is InChI=1S/C29H25N7OS/c37-29(17-5-2-1-3-6-17)33-20-11-18(14-30-16-20)19-12-23-26(35-36-28(23)32-15-19)24-13-22-21(25-7-4-10-38-25)8-9-31-27(22)34-24/h4,7-17H,1-3,5-6H2,(H,31,34)(H,33,37)(H,32,35,36). The average molecular weight is 520 g/mol. The van der Waals surface area contributed by atoms with Gasteiger partial charge in [-0.2, -0.15) is 5.10 Å². The molecule has 0 aromatic carbocycles. The third-order valence-corrected chi connectivity index (χ3v) is 8.21. The van der Waals surface area contributed by atoms with Crippen LogP contribution in [0.5, 0.6) is 0 Å². The molecule has 6 aromatic rings. The Morgan fingerprint density at radius 2 is 1.84 bits per heavy atom. The summed E-state index contributed by atoms with van der Waals surface area (Å²) in [6.07, 6.45) is 12.5. The number of aromatic nitrogens is 6. The van der Waals surface area contributed by atoms with E-state index in [-0.39, 0.29) is 11.8 Å². The van der Waals surface area contributed by atoms with Crippen molar-refractivity contribution in [2.75, 3.05) is 5.32 Å². The van der Waals surface area contributed by atoms with Crippen LogP contribution in [0, 0.1) is 5.92 Å². The molecule has 6 heterocycles. The SMILES string of the molecule is O=C(Nc1cncc(-c2cnc3[nH]nc(-c4cc5c(-c6cccs6)ccnc5[nH]4)c3c2)c1)C1CCCCC1. The van der Waals surface area contributed by atoms with Crippen molar-refractivity contribution in [3.05, 3.63) is 66.6 Å². The molecule has 8 nitrogen and oxygen atoms in total. The van der Waals surface area contributed by atoms with Crippen LogP contribution in [0.4, 0.5) is 5.69 Å². The summed E-state index contributed by atoms with van der Waals surface area (Å²) in [5, 5.41) is 14.7. The highest BCUT2D eigenvalue weighted by Crippen LogP contribution is 2.35. The van der Waals surface area contributed by atoms with Gasteiger partial charge in [-0.15, -0.1) is 11.3 Å². The molecule has 1 saturated carbocycles. The van der Waals surface area contributed by atoms with E-state index in [0.29, 0.717) is 11.3 Å². The fourth-order valence-electron chi connectivity index (χ4n) is 5.34. The van der Waals surface area contributed by atoms with E-state index in [9.17, 15) is 4.79 Å². The number of anilines is 1. The molecule has 6 aromatic heterocycles. The number of hydrogen-bond acceptors (Lipinski definition) is 6. The topological polar surface area (TPSA) is 112 Å². The lowest BCUT2D eigenvalue weighted by atomic mass is 9.88. The van der Waals surface area contributed by atoms with Crippen molar-refractivity contribution in [1.82, 2.24) is 30.1 Å². The predicted molar refractivity (Wildman–Crippen MR) is 151 cm³/mol. The summed E-state index contributed by atoms with van der Waals surface area (Å²) in [6, 6.07) is 12.3. The lowest BCUT2D eigenvalue weighted by Crippen LogP contribution is -2.24. The van der Waals surface area contributed by atoms with Gasteiger partial charge < -0.3 is 10.3 Å². The molecule has 1 aliphatic rings. The molecule has 0 atom stereocenters. The number of nitrogens with zero attached hydrogens (tertiary/aromatic N) is 4. The molecule has 0 bridgehead atoms. The van der Waals surface area contributed by atoms with Gasteiger partial charge in [0.25, 0.3) is 0 Å². The Labute approximate surface area is 222 Å². The molecule has 0 spiro atoms. The minimum Gasteiger partial charge on any atom is -0.338 e. The van der Waals surface area contributed by atoms with Crippen molar-refractivity contribution in [2.45, 2.75) is 32.1 Å². The summed E-state index contributed by atoms with van der Waals surface area (Å²) in [7, 11) is 0. The molecule has 0 aliphatic heterocycles. The lowest BCUT2D eigenvalue weighted by molar-refractivity contribution is -0.120. The van der Waals surface area contributed by atoms with Gasteiger partial charge in [-0.1, -0.05) is 25.3 Å². The number of aromatic amines is 2. The summed E-state index contributed by atoms with van der Waals surface area (Å²) >= 11 is 1.71. The molecule has 0 radical (unpaired) electrons. The Hall–Kier alpha value is -4.37. The average Bonchev–Trinajstić information content (AvgIpc) is 3.73. The third kappa shape index (κ3) is 4.14. The van der Waals surface area contributed by atoms with Gasteiger partial charge in [0.2, 0.25) is 5.91 Å². The van der Waals surface area contributed by atoms with Crippen molar-refractivity contribution in [3.8, 4) is 33.0 Å². The van der Waals surface area contributed by atoms with Crippen molar-refractivity contribution < 1.29 is 4.79 Å². The number of rotatable bonds is 5. The van der Waals surface area contributed by atoms with Gasteiger partial charge in [-0.05, 0) is 48.6 Å². The molecule has 1 aliphatic carbocycles. The summed E-state index contributed by atoms with van der Waals surface area (Å²) in [4.78, 5) is 30.9.